The predicted molar refractivity (Wildman–Crippen MR) is 51.6 cm³/mol. The molecule has 2 rings (SSSR count). The molecule has 0 saturated carbocycles. The van der Waals surface area contributed by atoms with Gasteiger partial charge in [0.15, 0.2) is 0 Å². The molecule has 0 bridgehead atoms. The van der Waals surface area contributed by atoms with E-state index >= 15 is 0 Å². The average Bonchev–Trinajstić information content (AvgIpc) is 2.47. The van der Waals surface area contributed by atoms with Crippen LogP contribution in [0.2, 0.25) is 0 Å². The van der Waals surface area contributed by atoms with Gasteiger partial charge in [-0.3, -0.25) is 9.69 Å². The van der Waals surface area contributed by atoms with E-state index in [0.717, 1.165) is 5.56 Å². The lowest BCUT2D eigenvalue weighted by Gasteiger charge is -2.18. The Hall–Kier alpha value is -1.55. The molecule has 0 aromatic heterocycles. The van der Waals surface area contributed by atoms with Crippen LogP contribution >= 0.6 is 0 Å². The highest BCUT2D eigenvalue weighted by Crippen LogP contribution is 2.21. The monoisotopic (exact) mass is 192 g/mol. The van der Waals surface area contributed by atoms with Gasteiger partial charge in [-0.15, -0.1) is 0 Å². The minimum absolute atomic E-state index is 0.0329. The zero-order valence-corrected chi connectivity index (χ0v) is 7.90. The van der Waals surface area contributed by atoms with Gasteiger partial charge in [0.25, 0.3) is 0 Å². The van der Waals surface area contributed by atoms with E-state index in [1.807, 2.05) is 24.1 Å². The third kappa shape index (κ3) is 1.56. The zero-order chi connectivity index (χ0) is 10.1. The van der Waals surface area contributed by atoms with Crippen molar-refractivity contribution in [2.45, 2.75) is 6.17 Å². The van der Waals surface area contributed by atoms with Crippen LogP contribution in [0, 0.1) is 0 Å². The Morgan fingerprint density at radius 2 is 2.07 bits per heavy atom. The average molecular weight is 192 g/mol. The highest BCUT2D eigenvalue weighted by Gasteiger charge is 2.27. The number of aromatic hydroxyl groups is 1. The van der Waals surface area contributed by atoms with E-state index < -0.39 is 0 Å². The highest BCUT2D eigenvalue weighted by molar-refractivity contribution is 5.80. The molecule has 1 saturated heterocycles. The number of amides is 1. The van der Waals surface area contributed by atoms with Crippen molar-refractivity contribution < 1.29 is 9.90 Å². The number of nitrogens with zero attached hydrogens (tertiary/aromatic N) is 1. The summed E-state index contributed by atoms with van der Waals surface area (Å²) in [6, 6.07) is 6.85. The van der Waals surface area contributed by atoms with E-state index in [2.05, 4.69) is 5.32 Å². The number of likely N-dealkylation sites (N-methyl/N-ethyl adjacent to an activating group) is 1. The summed E-state index contributed by atoms with van der Waals surface area (Å²) in [5.41, 5.74) is 0.983. The molecule has 0 aliphatic carbocycles. The van der Waals surface area contributed by atoms with Crippen LogP contribution in [0.5, 0.6) is 5.75 Å². The van der Waals surface area contributed by atoms with Crippen molar-refractivity contribution in [3.8, 4) is 5.75 Å². The Labute approximate surface area is 82.2 Å². The maximum Gasteiger partial charge on any atom is 0.235 e. The normalized spacial score (nSPS) is 22.4. The molecule has 1 aromatic rings. The van der Waals surface area contributed by atoms with Gasteiger partial charge in [0, 0.05) is 0 Å². The van der Waals surface area contributed by atoms with E-state index in [-0.39, 0.29) is 17.8 Å². The number of hydrogen-bond donors (Lipinski definition) is 2. The molecule has 4 nitrogen and oxygen atoms in total. The summed E-state index contributed by atoms with van der Waals surface area (Å²) >= 11 is 0. The van der Waals surface area contributed by atoms with E-state index in [1.165, 1.54) is 0 Å². The van der Waals surface area contributed by atoms with Crippen molar-refractivity contribution in [1.29, 1.82) is 0 Å². The fraction of sp³-hybridized carbons (Fsp3) is 0.300. The Bertz CT molecular complexity index is 348. The molecule has 0 spiro atoms. The Balaban J connectivity index is 2.23. The van der Waals surface area contributed by atoms with E-state index in [4.69, 9.17) is 5.11 Å². The summed E-state index contributed by atoms with van der Waals surface area (Å²) < 4.78 is 0. The van der Waals surface area contributed by atoms with Crippen LogP contribution in [0.25, 0.3) is 0 Å². The second-order valence-corrected chi connectivity index (χ2v) is 3.48. The molecule has 14 heavy (non-hydrogen) atoms. The lowest BCUT2D eigenvalue weighted by molar-refractivity contribution is -0.118. The Morgan fingerprint density at radius 3 is 2.57 bits per heavy atom. The summed E-state index contributed by atoms with van der Waals surface area (Å²) in [5, 5.41) is 12.0. The van der Waals surface area contributed by atoms with Crippen LogP contribution in [0.1, 0.15) is 11.7 Å². The van der Waals surface area contributed by atoms with Crippen molar-refractivity contribution in [3.05, 3.63) is 29.8 Å². The van der Waals surface area contributed by atoms with Crippen molar-refractivity contribution in [1.82, 2.24) is 10.2 Å². The second kappa shape index (κ2) is 3.31. The van der Waals surface area contributed by atoms with Crippen LogP contribution in [0.4, 0.5) is 0 Å². The number of phenolic OH excluding ortho intramolecular Hbond substituents is 1. The molecule has 1 amide bonds. The molecule has 1 unspecified atom stereocenters. The smallest absolute Gasteiger partial charge is 0.235 e. The van der Waals surface area contributed by atoms with Gasteiger partial charge in [-0.2, -0.15) is 0 Å². The number of carbonyl (C=O) groups is 1. The summed E-state index contributed by atoms with van der Waals surface area (Å²) in [6.07, 6.45) is -0.0666. The second-order valence-electron chi connectivity index (χ2n) is 3.48. The Morgan fingerprint density at radius 1 is 1.43 bits per heavy atom. The molecule has 1 heterocycles. The maximum absolute atomic E-state index is 11.1. The van der Waals surface area contributed by atoms with Gasteiger partial charge in [0.1, 0.15) is 11.9 Å². The van der Waals surface area contributed by atoms with Crippen LogP contribution in [0.15, 0.2) is 24.3 Å². The van der Waals surface area contributed by atoms with Gasteiger partial charge >= 0.3 is 0 Å². The molecule has 1 aliphatic rings. The number of carbonyl (C=O) groups excluding carboxylic acids is 1. The van der Waals surface area contributed by atoms with Gasteiger partial charge in [-0.05, 0) is 24.7 Å². The molecule has 0 radical (unpaired) electrons. The minimum Gasteiger partial charge on any atom is -0.508 e. The first-order valence-corrected chi connectivity index (χ1v) is 4.45. The molecule has 1 aromatic carbocycles. The summed E-state index contributed by atoms with van der Waals surface area (Å²) in [6.45, 7) is 0.422. The van der Waals surface area contributed by atoms with Crippen molar-refractivity contribution >= 4 is 5.91 Å². The molecule has 2 N–H and O–H groups in total. The van der Waals surface area contributed by atoms with Gasteiger partial charge in [-0.25, -0.2) is 0 Å². The fourth-order valence-corrected chi connectivity index (χ4v) is 1.62. The topological polar surface area (TPSA) is 52.6 Å². The van der Waals surface area contributed by atoms with Gasteiger partial charge in [0.2, 0.25) is 5.91 Å². The minimum atomic E-state index is -0.0666. The lowest BCUT2D eigenvalue weighted by Crippen LogP contribution is -2.24. The molecule has 1 atom stereocenters. The van der Waals surface area contributed by atoms with Gasteiger partial charge in [0.05, 0.1) is 6.54 Å². The number of rotatable bonds is 1. The van der Waals surface area contributed by atoms with Crippen LogP contribution in [-0.4, -0.2) is 29.5 Å². The molecule has 1 fully saturated rings. The number of phenols is 1. The molecule has 74 valence electrons. The first-order valence-electron chi connectivity index (χ1n) is 4.45. The predicted octanol–water partition coefficient (Wildman–Crippen LogP) is 0.452. The Kier molecular flexibility index (Phi) is 2.13. The number of hydrogen-bond acceptors (Lipinski definition) is 3. The fourth-order valence-electron chi connectivity index (χ4n) is 1.62. The lowest BCUT2D eigenvalue weighted by atomic mass is 10.1. The van der Waals surface area contributed by atoms with Crippen LogP contribution in [-0.2, 0) is 4.79 Å². The van der Waals surface area contributed by atoms with Crippen LogP contribution < -0.4 is 5.32 Å². The summed E-state index contributed by atoms with van der Waals surface area (Å²) in [5.74, 6) is 0.270. The van der Waals surface area contributed by atoms with Crippen molar-refractivity contribution in [2.24, 2.45) is 0 Å². The SMILES string of the molecule is CN1CC(=O)NC1c1ccc(O)cc1. The maximum atomic E-state index is 11.1. The molecule has 1 aliphatic heterocycles. The third-order valence-electron chi connectivity index (χ3n) is 2.34. The van der Waals surface area contributed by atoms with Crippen LogP contribution in [0.3, 0.4) is 0 Å². The molecular weight excluding hydrogens is 180 g/mol. The molecule has 4 heteroatoms. The highest BCUT2D eigenvalue weighted by atomic mass is 16.3. The van der Waals surface area contributed by atoms with E-state index in [0.29, 0.717) is 6.54 Å². The zero-order valence-electron chi connectivity index (χ0n) is 7.90. The first-order chi connectivity index (χ1) is 6.66. The van der Waals surface area contributed by atoms with Gasteiger partial charge in [-0.1, -0.05) is 12.1 Å². The standard InChI is InChI=1S/C10H12N2O2/c1-12-6-9(14)11-10(12)7-2-4-8(13)5-3-7/h2-5,10,13H,6H2,1H3,(H,11,14). The van der Waals surface area contributed by atoms with Crippen molar-refractivity contribution in [2.75, 3.05) is 13.6 Å². The summed E-state index contributed by atoms with van der Waals surface area (Å²) in [7, 11) is 1.88. The first kappa shape index (κ1) is 9.02. The van der Waals surface area contributed by atoms with E-state index in [9.17, 15) is 4.79 Å². The number of nitrogens with one attached hydrogen (secondary N) is 1. The van der Waals surface area contributed by atoms with E-state index in [1.54, 1.807) is 12.1 Å². The third-order valence-corrected chi connectivity index (χ3v) is 2.34. The van der Waals surface area contributed by atoms with Crippen molar-refractivity contribution in [3.63, 3.8) is 0 Å². The quantitative estimate of drug-likeness (QED) is 0.679. The number of benzene rings is 1. The summed E-state index contributed by atoms with van der Waals surface area (Å²) in [4.78, 5) is 13.0. The molecular formula is C10H12N2O2. The largest absolute Gasteiger partial charge is 0.508 e. The van der Waals surface area contributed by atoms with Gasteiger partial charge < -0.3 is 10.4 Å².